The van der Waals surface area contributed by atoms with Crippen molar-refractivity contribution >= 4 is 17.5 Å². The predicted octanol–water partition coefficient (Wildman–Crippen LogP) is 1.59. The zero-order chi connectivity index (χ0) is 13.2. The van der Waals surface area contributed by atoms with Gasteiger partial charge in [0.05, 0.1) is 5.69 Å². The summed E-state index contributed by atoms with van der Waals surface area (Å²) < 4.78 is 12.9. The summed E-state index contributed by atoms with van der Waals surface area (Å²) in [6.45, 7) is 1.58. The molecule has 3 rings (SSSR count). The third-order valence-electron chi connectivity index (χ3n) is 3.06. The van der Waals surface area contributed by atoms with E-state index in [2.05, 4.69) is 20.6 Å². The topological polar surface area (TPSA) is 75.9 Å². The van der Waals surface area contributed by atoms with Gasteiger partial charge in [-0.3, -0.25) is 0 Å². The minimum atomic E-state index is -0.265. The van der Waals surface area contributed by atoms with E-state index in [0.717, 1.165) is 29.9 Å². The maximum atomic E-state index is 12.9. The van der Waals surface area contributed by atoms with Crippen molar-refractivity contribution in [2.24, 2.45) is 0 Å². The lowest BCUT2D eigenvalue weighted by atomic mass is 10.1. The zero-order valence-corrected chi connectivity index (χ0v) is 10.3. The molecule has 0 radical (unpaired) electrons. The van der Waals surface area contributed by atoms with Gasteiger partial charge in [0.1, 0.15) is 11.6 Å². The molecule has 2 heterocycles. The summed E-state index contributed by atoms with van der Waals surface area (Å²) in [4.78, 5) is 8.47. The fraction of sp³-hybridized carbons (Fsp3) is 0.231. The van der Waals surface area contributed by atoms with Crippen LogP contribution in [-0.2, 0) is 13.0 Å². The van der Waals surface area contributed by atoms with Crippen molar-refractivity contribution < 1.29 is 4.39 Å². The Morgan fingerprint density at radius 3 is 2.79 bits per heavy atom. The van der Waals surface area contributed by atoms with Crippen LogP contribution in [0.2, 0.25) is 0 Å². The number of nitrogens with zero attached hydrogens (tertiary/aromatic N) is 2. The molecule has 0 spiro atoms. The first kappa shape index (κ1) is 11.9. The Hall–Kier alpha value is -2.21. The molecular formula is C13H14FN5. The third kappa shape index (κ3) is 2.48. The zero-order valence-electron chi connectivity index (χ0n) is 10.3. The second-order valence-electron chi connectivity index (χ2n) is 4.41. The Morgan fingerprint density at radius 1 is 1.21 bits per heavy atom. The van der Waals surface area contributed by atoms with E-state index in [9.17, 15) is 4.39 Å². The average Bonchev–Trinajstić information content (AvgIpc) is 2.41. The maximum Gasteiger partial charge on any atom is 0.222 e. The SMILES string of the molecule is Nc1nc2c(c(Nc3ccc(F)cc3)n1)CCNC2. The fourth-order valence-corrected chi connectivity index (χ4v) is 2.15. The number of benzene rings is 1. The summed E-state index contributed by atoms with van der Waals surface area (Å²) in [7, 11) is 0. The lowest BCUT2D eigenvalue weighted by molar-refractivity contribution is 0.625. The number of hydrogen-bond donors (Lipinski definition) is 3. The normalized spacial score (nSPS) is 13.9. The highest BCUT2D eigenvalue weighted by Gasteiger charge is 2.16. The van der Waals surface area contributed by atoms with Crippen LogP contribution in [0, 0.1) is 5.82 Å². The van der Waals surface area contributed by atoms with Gasteiger partial charge in [0.25, 0.3) is 0 Å². The molecule has 0 unspecified atom stereocenters. The molecule has 0 saturated carbocycles. The molecule has 6 heteroatoms. The van der Waals surface area contributed by atoms with Crippen LogP contribution >= 0.6 is 0 Å². The molecule has 0 fully saturated rings. The van der Waals surface area contributed by atoms with E-state index < -0.39 is 0 Å². The van der Waals surface area contributed by atoms with Crippen LogP contribution in [0.25, 0.3) is 0 Å². The van der Waals surface area contributed by atoms with Crippen molar-refractivity contribution in [1.29, 1.82) is 0 Å². The minimum absolute atomic E-state index is 0.243. The van der Waals surface area contributed by atoms with Crippen LogP contribution in [0.5, 0.6) is 0 Å². The Labute approximate surface area is 110 Å². The monoisotopic (exact) mass is 259 g/mol. The highest BCUT2D eigenvalue weighted by molar-refractivity contribution is 5.61. The van der Waals surface area contributed by atoms with Crippen molar-refractivity contribution in [2.75, 3.05) is 17.6 Å². The van der Waals surface area contributed by atoms with E-state index in [4.69, 9.17) is 5.73 Å². The number of nitrogens with one attached hydrogen (secondary N) is 2. The molecule has 0 bridgehead atoms. The van der Waals surface area contributed by atoms with Crippen molar-refractivity contribution in [3.8, 4) is 0 Å². The molecule has 4 N–H and O–H groups in total. The van der Waals surface area contributed by atoms with Gasteiger partial charge in [-0.2, -0.15) is 4.98 Å². The number of fused-ring (bicyclic) bond motifs is 1. The van der Waals surface area contributed by atoms with Crippen molar-refractivity contribution in [2.45, 2.75) is 13.0 Å². The van der Waals surface area contributed by atoms with E-state index in [-0.39, 0.29) is 11.8 Å². The first-order valence-corrected chi connectivity index (χ1v) is 6.11. The van der Waals surface area contributed by atoms with Gasteiger partial charge in [-0.25, -0.2) is 9.37 Å². The Balaban J connectivity index is 1.95. The van der Waals surface area contributed by atoms with Gasteiger partial charge in [-0.1, -0.05) is 0 Å². The lowest BCUT2D eigenvalue weighted by Gasteiger charge is -2.19. The second kappa shape index (κ2) is 4.81. The van der Waals surface area contributed by atoms with Crippen LogP contribution < -0.4 is 16.4 Å². The molecule has 1 aromatic carbocycles. The summed E-state index contributed by atoms with van der Waals surface area (Å²) in [5.74, 6) is 0.682. The van der Waals surface area contributed by atoms with Gasteiger partial charge in [-0.05, 0) is 37.2 Å². The van der Waals surface area contributed by atoms with E-state index in [0.29, 0.717) is 12.4 Å². The van der Waals surface area contributed by atoms with E-state index in [1.165, 1.54) is 12.1 Å². The summed E-state index contributed by atoms with van der Waals surface area (Å²) >= 11 is 0. The molecule has 19 heavy (non-hydrogen) atoms. The minimum Gasteiger partial charge on any atom is -0.368 e. The number of nitrogens with two attached hydrogens (primary N) is 1. The first-order valence-electron chi connectivity index (χ1n) is 6.11. The molecule has 98 valence electrons. The highest BCUT2D eigenvalue weighted by Crippen LogP contribution is 2.24. The van der Waals surface area contributed by atoms with Gasteiger partial charge in [0.2, 0.25) is 5.95 Å². The summed E-state index contributed by atoms with van der Waals surface area (Å²) in [5, 5.41) is 6.42. The van der Waals surface area contributed by atoms with Crippen LogP contribution in [0.4, 0.5) is 21.8 Å². The van der Waals surface area contributed by atoms with E-state index in [1.807, 2.05) is 0 Å². The maximum absolute atomic E-state index is 12.9. The van der Waals surface area contributed by atoms with Gasteiger partial charge < -0.3 is 16.4 Å². The van der Waals surface area contributed by atoms with Crippen molar-refractivity contribution in [3.63, 3.8) is 0 Å². The van der Waals surface area contributed by atoms with Crippen LogP contribution in [0.1, 0.15) is 11.3 Å². The number of rotatable bonds is 2. The summed E-state index contributed by atoms with van der Waals surface area (Å²) in [5.41, 5.74) is 8.48. The van der Waals surface area contributed by atoms with Crippen LogP contribution in [0.3, 0.4) is 0 Å². The molecule has 2 aromatic rings. The standard InChI is InChI=1S/C13H14FN5/c14-8-1-3-9(4-2-8)17-12-10-5-6-16-7-11(10)18-13(15)19-12/h1-4,16H,5-7H2,(H3,15,17,18,19). The van der Waals surface area contributed by atoms with Gasteiger partial charge >= 0.3 is 0 Å². The number of hydrogen-bond acceptors (Lipinski definition) is 5. The summed E-state index contributed by atoms with van der Waals surface area (Å²) in [6.07, 6.45) is 0.846. The quantitative estimate of drug-likeness (QED) is 0.763. The van der Waals surface area contributed by atoms with Crippen LogP contribution in [0.15, 0.2) is 24.3 Å². The first-order chi connectivity index (χ1) is 9.22. The molecule has 0 atom stereocenters. The molecular weight excluding hydrogens is 245 g/mol. The molecule has 0 saturated heterocycles. The Bertz CT molecular complexity index is 597. The van der Waals surface area contributed by atoms with Crippen molar-refractivity contribution in [3.05, 3.63) is 41.3 Å². The van der Waals surface area contributed by atoms with E-state index in [1.54, 1.807) is 12.1 Å². The predicted molar refractivity (Wildman–Crippen MR) is 71.5 cm³/mol. The second-order valence-corrected chi connectivity index (χ2v) is 4.41. The smallest absolute Gasteiger partial charge is 0.222 e. The molecule has 1 aromatic heterocycles. The van der Waals surface area contributed by atoms with Gasteiger partial charge in [0, 0.05) is 17.8 Å². The molecule has 0 amide bonds. The number of aromatic nitrogens is 2. The molecule has 5 nitrogen and oxygen atoms in total. The van der Waals surface area contributed by atoms with Crippen LogP contribution in [-0.4, -0.2) is 16.5 Å². The fourth-order valence-electron chi connectivity index (χ4n) is 2.15. The van der Waals surface area contributed by atoms with Gasteiger partial charge in [0.15, 0.2) is 0 Å². The van der Waals surface area contributed by atoms with E-state index >= 15 is 0 Å². The Morgan fingerprint density at radius 2 is 2.00 bits per heavy atom. The number of nitrogen functional groups attached to an aromatic ring is 1. The van der Waals surface area contributed by atoms with Crippen molar-refractivity contribution in [1.82, 2.24) is 15.3 Å². The molecule has 1 aliphatic heterocycles. The average molecular weight is 259 g/mol. The number of anilines is 3. The largest absolute Gasteiger partial charge is 0.368 e. The lowest BCUT2D eigenvalue weighted by Crippen LogP contribution is -2.26. The highest BCUT2D eigenvalue weighted by atomic mass is 19.1. The number of halogens is 1. The molecule has 0 aliphatic carbocycles. The molecule has 1 aliphatic rings. The Kier molecular flexibility index (Phi) is 3.00. The third-order valence-corrected chi connectivity index (χ3v) is 3.06. The summed E-state index contributed by atoms with van der Waals surface area (Å²) in [6, 6.07) is 6.14. The van der Waals surface area contributed by atoms with Gasteiger partial charge in [-0.15, -0.1) is 0 Å².